The molecule has 4 heterocycles. The number of aromatic nitrogens is 4. The predicted molar refractivity (Wildman–Crippen MR) is 135 cm³/mol. The number of thiophene rings is 1. The minimum absolute atomic E-state index is 0.221. The van der Waals surface area contributed by atoms with E-state index in [1.54, 1.807) is 23.1 Å². The van der Waals surface area contributed by atoms with Crippen molar-refractivity contribution in [3.8, 4) is 11.4 Å². The number of ether oxygens (including phenoxy) is 1. The molecular weight excluding hydrogens is 448 g/mol. The highest BCUT2D eigenvalue weighted by molar-refractivity contribution is 7.98. The predicted octanol–water partition coefficient (Wildman–Crippen LogP) is 6.40. The van der Waals surface area contributed by atoms with E-state index in [4.69, 9.17) is 14.8 Å². The molecule has 2 aromatic carbocycles. The Hall–Kier alpha value is -2.74. The van der Waals surface area contributed by atoms with Gasteiger partial charge < -0.3 is 4.74 Å². The van der Waals surface area contributed by atoms with Crippen molar-refractivity contribution in [3.05, 3.63) is 76.7 Å². The third-order valence-corrected chi connectivity index (χ3v) is 8.27. The molecule has 0 radical (unpaired) electrons. The van der Waals surface area contributed by atoms with E-state index < -0.39 is 0 Å². The number of thioether (sulfide) groups is 1. The molecule has 0 saturated heterocycles. The van der Waals surface area contributed by atoms with Crippen LogP contribution < -0.4 is 0 Å². The van der Waals surface area contributed by atoms with Crippen LogP contribution in [0.5, 0.6) is 0 Å². The first kappa shape index (κ1) is 20.8. The molecule has 33 heavy (non-hydrogen) atoms. The molecule has 1 atom stereocenters. The maximum atomic E-state index is 6.15. The average molecular weight is 473 g/mol. The largest absolute Gasteiger partial charge is 0.372 e. The molecule has 0 spiro atoms. The summed E-state index contributed by atoms with van der Waals surface area (Å²) in [7, 11) is 0. The van der Waals surface area contributed by atoms with Gasteiger partial charge >= 0.3 is 0 Å². The zero-order valence-corrected chi connectivity index (χ0v) is 20.2. The van der Waals surface area contributed by atoms with Crippen LogP contribution in [0.4, 0.5) is 0 Å². The molecule has 0 aliphatic carbocycles. The first-order valence-corrected chi connectivity index (χ1v) is 13.0. The van der Waals surface area contributed by atoms with Crippen molar-refractivity contribution >= 4 is 39.0 Å². The van der Waals surface area contributed by atoms with E-state index in [0.29, 0.717) is 12.5 Å². The van der Waals surface area contributed by atoms with Crippen molar-refractivity contribution in [2.75, 3.05) is 0 Å². The summed E-state index contributed by atoms with van der Waals surface area (Å²) < 4.78 is 8.30. The maximum absolute atomic E-state index is 6.15. The summed E-state index contributed by atoms with van der Waals surface area (Å²) in [6, 6.07) is 20.8. The maximum Gasteiger partial charge on any atom is 0.197 e. The molecule has 0 amide bonds. The first-order valence-electron chi connectivity index (χ1n) is 11.2. The fourth-order valence-corrected chi connectivity index (χ4v) is 6.38. The zero-order valence-electron chi connectivity index (χ0n) is 18.6. The molecule has 1 unspecified atom stereocenters. The minimum atomic E-state index is 0.221. The average Bonchev–Trinajstić information content (AvgIpc) is 3.44. The van der Waals surface area contributed by atoms with Crippen LogP contribution in [0.15, 0.2) is 65.8 Å². The van der Waals surface area contributed by atoms with Gasteiger partial charge in [-0.2, -0.15) is 0 Å². The highest BCUT2D eigenvalue weighted by Crippen LogP contribution is 2.40. The Morgan fingerprint density at radius 3 is 2.58 bits per heavy atom. The molecule has 6 rings (SSSR count). The van der Waals surface area contributed by atoms with Crippen LogP contribution in [0, 0.1) is 5.92 Å². The van der Waals surface area contributed by atoms with Crippen molar-refractivity contribution < 1.29 is 4.74 Å². The van der Waals surface area contributed by atoms with Crippen molar-refractivity contribution in [3.63, 3.8) is 0 Å². The Morgan fingerprint density at radius 1 is 1.06 bits per heavy atom. The molecule has 7 heteroatoms. The van der Waals surface area contributed by atoms with Crippen LogP contribution in [0.1, 0.15) is 29.9 Å². The van der Waals surface area contributed by atoms with Gasteiger partial charge in [-0.05, 0) is 17.0 Å². The summed E-state index contributed by atoms with van der Waals surface area (Å²) in [6.07, 6.45) is 1.12. The van der Waals surface area contributed by atoms with Gasteiger partial charge in [-0.3, -0.25) is 4.40 Å². The van der Waals surface area contributed by atoms with Crippen LogP contribution in [-0.4, -0.2) is 25.7 Å². The van der Waals surface area contributed by atoms with E-state index in [1.807, 2.05) is 12.1 Å². The van der Waals surface area contributed by atoms with Crippen LogP contribution in [0.2, 0.25) is 0 Å². The van der Waals surface area contributed by atoms with Gasteiger partial charge in [0.25, 0.3) is 0 Å². The van der Waals surface area contributed by atoms with Gasteiger partial charge in [0.1, 0.15) is 10.7 Å². The number of nitrogens with zero attached hydrogens (tertiary/aromatic N) is 4. The molecule has 5 aromatic rings. The molecule has 0 bridgehead atoms. The standard InChI is InChI=1S/C26H24N4OS2/c1-16(2)20-13-19-21(14-31-20)33-25-22(19)24-28-29-26(32-15-17-9-5-3-6-10-17)30(24)23(27-25)18-11-7-4-8-12-18/h3-12,16,20H,13-15H2,1-2H3. The summed E-state index contributed by atoms with van der Waals surface area (Å²) in [5, 5.41) is 11.4. The van der Waals surface area contributed by atoms with Gasteiger partial charge in [-0.1, -0.05) is 86.3 Å². The van der Waals surface area contributed by atoms with Gasteiger partial charge in [-0.25, -0.2) is 4.98 Å². The zero-order chi connectivity index (χ0) is 22.4. The van der Waals surface area contributed by atoms with Crippen LogP contribution in [0.25, 0.3) is 27.3 Å². The van der Waals surface area contributed by atoms with E-state index in [0.717, 1.165) is 44.6 Å². The molecule has 0 N–H and O–H groups in total. The summed E-state index contributed by atoms with van der Waals surface area (Å²) in [5.74, 6) is 2.19. The summed E-state index contributed by atoms with van der Waals surface area (Å²) >= 11 is 3.43. The molecular formula is C26H24N4OS2. The molecule has 3 aromatic heterocycles. The molecule has 166 valence electrons. The Labute approximate surface area is 200 Å². The topological polar surface area (TPSA) is 52.3 Å². The molecule has 5 nitrogen and oxygen atoms in total. The molecule has 0 saturated carbocycles. The lowest BCUT2D eigenvalue weighted by Crippen LogP contribution is -2.26. The second-order valence-corrected chi connectivity index (χ2v) is 10.7. The summed E-state index contributed by atoms with van der Waals surface area (Å²) in [5.41, 5.74) is 4.56. The van der Waals surface area contributed by atoms with Crippen molar-refractivity contribution in [2.24, 2.45) is 5.92 Å². The normalized spacial score (nSPS) is 16.0. The lowest BCUT2D eigenvalue weighted by Gasteiger charge is -2.26. The highest BCUT2D eigenvalue weighted by atomic mass is 32.2. The number of hydrogen-bond donors (Lipinski definition) is 0. The second kappa shape index (κ2) is 8.56. The van der Waals surface area contributed by atoms with Gasteiger partial charge in [-0.15, -0.1) is 21.5 Å². The van der Waals surface area contributed by atoms with Gasteiger partial charge in [0.2, 0.25) is 0 Å². The van der Waals surface area contributed by atoms with E-state index in [9.17, 15) is 0 Å². The first-order chi connectivity index (χ1) is 16.2. The van der Waals surface area contributed by atoms with Crippen molar-refractivity contribution in [1.29, 1.82) is 0 Å². The van der Waals surface area contributed by atoms with Crippen molar-refractivity contribution in [2.45, 2.75) is 43.9 Å². The van der Waals surface area contributed by atoms with Crippen LogP contribution >= 0.6 is 23.1 Å². The van der Waals surface area contributed by atoms with Gasteiger partial charge in [0.15, 0.2) is 10.8 Å². The van der Waals surface area contributed by atoms with E-state index in [-0.39, 0.29) is 6.10 Å². The lowest BCUT2D eigenvalue weighted by molar-refractivity contribution is 0.00203. The van der Waals surface area contributed by atoms with Crippen LogP contribution in [0.3, 0.4) is 0 Å². The third kappa shape index (κ3) is 3.74. The summed E-state index contributed by atoms with van der Waals surface area (Å²) in [6.45, 7) is 5.09. The SMILES string of the molecule is CC(C)C1Cc2c(sc3nc(-c4ccccc4)n4c(SCc5ccccc5)nnc4c23)CO1. The lowest BCUT2D eigenvalue weighted by atomic mass is 9.96. The number of fused-ring (bicyclic) bond motifs is 5. The monoisotopic (exact) mass is 472 g/mol. The van der Waals surface area contributed by atoms with Crippen molar-refractivity contribution in [1.82, 2.24) is 19.6 Å². The molecule has 1 aliphatic rings. The summed E-state index contributed by atoms with van der Waals surface area (Å²) in [4.78, 5) is 7.46. The Morgan fingerprint density at radius 2 is 1.82 bits per heavy atom. The quantitative estimate of drug-likeness (QED) is 0.277. The Balaban J connectivity index is 1.54. The fourth-order valence-electron chi connectivity index (χ4n) is 4.38. The minimum Gasteiger partial charge on any atom is -0.372 e. The number of benzene rings is 2. The highest BCUT2D eigenvalue weighted by Gasteiger charge is 2.29. The Bertz CT molecular complexity index is 1430. The van der Waals surface area contributed by atoms with E-state index in [1.165, 1.54) is 16.0 Å². The van der Waals surface area contributed by atoms with Gasteiger partial charge in [0.05, 0.1) is 18.1 Å². The number of hydrogen-bond acceptors (Lipinski definition) is 6. The van der Waals surface area contributed by atoms with E-state index >= 15 is 0 Å². The van der Waals surface area contributed by atoms with E-state index in [2.05, 4.69) is 71.9 Å². The van der Waals surface area contributed by atoms with Crippen LogP contribution in [-0.2, 0) is 23.5 Å². The van der Waals surface area contributed by atoms with Gasteiger partial charge in [0, 0.05) is 22.6 Å². The fraction of sp³-hybridized carbons (Fsp3) is 0.269. The smallest absolute Gasteiger partial charge is 0.197 e. The Kier molecular flexibility index (Phi) is 5.40. The number of rotatable bonds is 5. The third-order valence-electron chi connectivity index (χ3n) is 6.17. The molecule has 0 fully saturated rings. The second-order valence-electron chi connectivity index (χ2n) is 8.70. The molecule has 1 aliphatic heterocycles.